The minimum atomic E-state index is -0.136. The average molecular weight is 313 g/mol. The van der Waals surface area contributed by atoms with Gasteiger partial charge in [0.1, 0.15) is 0 Å². The second-order valence-corrected chi connectivity index (χ2v) is 7.54. The Morgan fingerprint density at radius 1 is 1.23 bits per heavy atom. The molecule has 4 rings (SSSR count). The molecule has 1 fully saturated rings. The molecular formula is C18H19NO2S. The highest BCUT2D eigenvalue weighted by molar-refractivity contribution is 8.17. The number of ketones is 1. The quantitative estimate of drug-likeness (QED) is 0.854. The summed E-state index contributed by atoms with van der Waals surface area (Å²) in [6, 6.07) is 9.99. The van der Waals surface area contributed by atoms with Crippen LogP contribution in [0.2, 0.25) is 0 Å². The van der Waals surface area contributed by atoms with Gasteiger partial charge >= 0.3 is 0 Å². The molecule has 0 aromatic heterocycles. The van der Waals surface area contributed by atoms with E-state index in [0.29, 0.717) is 12.2 Å². The fourth-order valence-electron chi connectivity index (χ4n) is 3.46. The molecular weight excluding hydrogens is 294 g/mol. The summed E-state index contributed by atoms with van der Waals surface area (Å²) in [5.74, 6) is 0.618. The lowest BCUT2D eigenvalue weighted by molar-refractivity contribution is -0.125. The Bertz CT molecular complexity index is 648. The lowest BCUT2D eigenvalue weighted by atomic mass is 9.95. The van der Waals surface area contributed by atoms with Gasteiger partial charge in [-0.2, -0.15) is 0 Å². The standard InChI is InChI=1S/C18H19NO2S/c20-16-10-14-11-19(9-8-15(14)22-16)17(18(21)13-6-7-13)12-4-2-1-3-5-12/h1-5,13,17H,6-11H2. The first-order valence-corrected chi connectivity index (χ1v) is 8.78. The second-order valence-electron chi connectivity index (χ2n) is 6.39. The molecule has 1 atom stereocenters. The molecule has 114 valence electrons. The zero-order chi connectivity index (χ0) is 15.1. The first kappa shape index (κ1) is 14.2. The molecule has 22 heavy (non-hydrogen) atoms. The molecule has 4 heteroatoms. The third kappa shape index (κ3) is 2.66. The Morgan fingerprint density at radius 2 is 2.00 bits per heavy atom. The van der Waals surface area contributed by atoms with Crippen LogP contribution in [0.25, 0.3) is 0 Å². The van der Waals surface area contributed by atoms with Crippen LogP contribution in [0.4, 0.5) is 0 Å². The van der Waals surface area contributed by atoms with E-state index in [4.69, 9.17) is 0 Å². The van der Waals surface area contributed by atoms with E-state index >= 15 is 0 Å². The molecule has 1 aromatic carbocycles. The van der Waals surface area contributed by atoms with Crippen LogP contribution in [0.15, 0.2) is 40.8 Å². The minimum absolute atomic E-state index is 0.136. The van der Waals surface area contributed by atoms with Gasteiger partial charge in [0, 0.05) is 25.4 Å². The summed E-state index contributed by atoms with van der Waals surface area (Å²) >= 11 is 1.42. The van der Waals surface area contributed by atoms with Crippen molar-refractivity contribution in [3.8, 4) is 0 Å². The van der Waals surface area contributed by atoms with E-state index in [-0.39, 0.29) is 17.1 Å². The highest BCUT2D eigenvalue weighted by atomic mass is 32.2. The van der Waals surface area contributed by atoms with Crippen LogP contribution in [0.5, 0.6) is 0 Å². The number of rotatable bonds is 4. The summed E-state index contributed by atoms with van der Waals surface area (Å²) in [6.45, 7) is 1.64. The number of thioether (sulfide) groups is 1. The number of carbonyl (C=O) groups excluding carboxylic acids is 2. The maximum absolute atomic E-state index is 12.8. The zero-order valence-corrected chi connectivity index (χ0v) is 13.3. The molecule has 0 saturated heterocycles. The van der Waals surface area contributed by atoms with Crippen molar-refractivity contribution in [1.82, 2.24) is 4.90 Å². The Labute approximate surface area is 134 Å². The van der Waals surface area contributed by atoms with E-state index in [9.17, 15) is 9.59 Å². The zero-order valence-electron chi connectivity index (χ0n) is 12.5. The lowest BCUT2D eigenvalue weighted by Gasteiger charge is -2.34. The van der Waals surface area contributed by atoms with Crippen LogP contribution >= 0.6 is 11.8 Å². The largest absolute Gasteiger partial charge is 0.297 e. The molecule has 0 radical (unpaired) electrons. The van der Waals surface area contributed by atoms with Crippen LogP contribution < -0.4 is 0 Å². The third-order valence-corrected chi connectivity index (χ3v) is 5.85. The number of hydrogen-bond donors (Lipinski definition) is 0. The SMILES string of the molecule is O=C1CC2=C(CCN(C(C(=O)C3CC3)c3ccccc3)C2)S1. The van der Waals surface area contributed by atoms with E-state index in [0.717, 1.165) is 37.9 Å². The van der Waals surface area contributed by atoms with E-state index in [1.165, 1.54) is 22.2 Å². The summed E-state index contributed by atoms with van der Waals surface area (Å²) in [6.07, 6.45) is 3.55. The van der Waals surface area contributed by atoms with Crippen molar-refractivity contribution in [2.45, 2.75) is 31.7 Å². The molecule has 2 heterocycles. The second kappa shape index (κ2) is 5.67. The van der Waals surface area contributed by atoms with Crippen molar-refractivity contribution in [3.63, 3.8) is 0 Å². The highest BCUT2D eigenvalue weighted by Crippen LogP contribution is 2.42. The van der Waals surface area contributed by atoms with Crippen molar-refractivity contribution in [2.75, 3.05) is 13.1 Å². The topological polar surface area (TPSA) is 37.4 Å². The van der Waals surface area contributed by atoms with E-state index in [1.54, 1.807) is 0 Å². The predicted molar refractivity (Wildman–Crippen MR) is 87.3 cm³/mol. The van der Waals surface area contributed by atoms with Gasteiger partial charge in [0.2, 0.25) is 0 Å². The molecule has 2 aliphatic heterocycles. The van der Waals surface area contributed by atoms with Gasteiger partial charge in [0.15, 0.2) is 10.9 Å². The molecule has 1 saturated carbocycles. The molecule has 0 bridgehead atoms. The van der Waals surface area contributed by atoms with Crippen LogP contribution in [-0.4, -0.2) is 28.9 Å². The summed E-state index contributed by atoms with van der Waals surface area (Å²) in [5, 5.41) is 0.261. The number of hydrogen-bond acceptors (Lipinski definition) is 4. The molecule has 1 aliphatic carbocycles. The molecule has 3 nitrogen and oxygen atoms in total. The first-order valence-electron chi connectivity index (χ1n) is 7.96. The van der Waals surface area contributed by atoms with Crippen molar-refractivity contribution in [2.24, 2.45) is 5.92 Å². The van der Waals surface area contributed by atoms with Gasteiger partial charge in [-0.15, -0.1) is 0 Å². The van der Waals surface area contributed by atoms with Gasteiger partial charge in [0.25, 0.3) is 0 Å². The Morgan fingerprint density at radius 3 is 2.73 bits per heavy atom. The fourth-order valence-corrected chi connectivity index (χ4v) is 4.46. The van der Waals surface area contributed by atoms with Crippen LogP contribution in [0.3, 0.4) is 0 Å². The normalized spacial score (nSPS) is 23.5. The Balaban J connectivity index is 1.61. The minimum Gasteiger partial charge on any atom is -0.297 e. The predicted octanol–water partition coefficient (Wildman–Crippen LogP) is 3.33. The number of nitrogens with zero attached hydrogens (tertiary/aromatic N) is 1. The molecule has 1 aromatic rings. The van der Waals surface area contributed by atoms with Gasteiger partial charge < -0.3 is 0 Å². The molecule has 0 amide bonds. The number of carbonyl (C=O) groups is 2. The lowest BCUT2D eigenvalue weighted by Crippen LogP contribution is -2.39. The summed E-state index contributed by atoms with van der Waals surface area (Å²) < 4.78 is 0. The number of benzene rings is 1. The van der Waals surface area contributed by atoms with Crippen molar-refractivity contribution in [1.29, 1.82) is 0 Å². The van der Waals surface area contributed by atoms with Gasteiger partial charge in [-0.25, -0.2) is 0 Å². The van der Waals surface area contributed by atoms with Crippen molar-refractivity contribution >= 4 is 22.7 Å². The van der Waals surface area contributed by atoms with Crippen LogP contribution in [-0.2, 0) is 9.59 Å². The van der Waals surface area contributed by atoms with Crippen molar-refractivity contribution < 1.29 is 9.59 Å². The van der Waals surface area contributed by atoms with E-state index < -0.39 is 0 Å². The average Bonchev–Trinajstić information content (AvgIpc) is 3.30. The molecule has 1 unspecified atom stereocenters. The number of Topliss-reactive ketones (excluding diaryl/α,β-unsaturated/α-hetero) is 1. The van der Waals surface area contributed by atoms with Crippen LogP contribution in [0, 0.1) is 5.92 Å². The van der Waals surface area contributed by atoms with Gasteiger partial charge in [-0.1, -0.05) is 42.1 Å². The third-order valence-electron chi connectivity index (χ3n) is 4.74. The summed E-state index contributed by atoms with van der Waals surface area (Å²) in [7, 11) is 0. The highest BCUT2D eigenvalue weighted by Gasteiger charge is 2.40. The van der Waals surface area contributed by atoms with Gasteiger partial charge in [0.05, 0.1) is 6.04 Å². The van der Waals surface area contributed by atoms with E-state index in [1.807, 2.05) is 18.2 Å². The first-order chi connectivity index (χ1) is 10.7. The summed E-state index contributed by atoms with van der Waals surface area (Å²) in [4.78, 5) is 28.0. The summed E-state index contributed by atoms with van der Waals surface area (Å²) in [5.41, 5.74) is 2.34. The molecule has 0 spiro atoms. The fraction of sp³-hybridized carbons (Fsp3) is 0.444. The van der Waals surface area contributed by atoms with Crippen LogP contribution in [0.1, 0.15) is 37.3 Å². The Kier molecular flexibility index (Phi) is 3.66. The van der Waals surface area contributed by atoms with Crippen molar-refractivity contribution in [3.05, 3.63) is 46.4 Å². The van der Waals surface area contributed by atoms with Gasteiger partial charge in [-0.3, -0.25) is 14.5 Å². The molecule has 0 N–H and O–H groups in total. The monoisotopic (exact) mass is 313 g/mol. The van der Waals surface area contributed by atoms with Gasteiger partial charge in [-0.05, 0) is 35.3 Å². The van der Waals surface area contributed by atoms with E-state index in [2.05, 4.69) is 17.0 Å². The Hall–Kier alpha value is -1.39. The maximum atomic E-state index is 12.8. The maximum Gasteiger partial charge on any atom is 0.197 e. The smallest absolute Gasteiger partial charge is 0.197 e. The molecule has 3 aliphatic rings.